The summed E-state index contributed by atoms with van der Waals surface area (Å²) in [7, 11) is -6.70. The van der Waals surface area contributed by atoms with Crippen LogP contribution in [0.15, 0.2) is 0 Å². The van der Waals surface area contributed by atoms with Crippen LogP contribution in [0.3, 0.4) is 0 Å². The Bertz CT molecular complexity index is 524. The highest BCUT2D eigenvalue weighted by Gasteiger charge is 2.34. The lowest BCUT2D eigenvalue weighted by Crippen LogP contribution is -2.47. The van der Waals surface area contributed by atoms with Gasteiger partial charge >= 0.3 is 0 Å². The van der Waals surface area contributed by atoms with E-state index in [4.69, 9.17) is 0 Å². The van der Waals surface area contributed by atoms with Gasteiger partial charge in [0.05, 0.1) is 11.5 Å². The van der Waals surface area contributed by atoms with Crippen LogP contribution in [-0.4, -0.2) is 64.6 Å². The summed E-state index contributed by atoms with van der Waals surface area (Å²) in [5.41, 5.74) is 0. The molecule has 6 nitrogen and oxygen atoms in total. The molecular formula is C12H24N2O4S2. The van der Waals surface area contributed by atoms with E-state index < -0.39 is 19.9 Å². The van der Waals surface area contributed by atoms with E-state index in [9.17, 15) is 16.8 Å². The first-order valence-corrected chi connectivity index (χ1v) is 10.8. The summed E-state index contributed by atoms with van der Waals surface area (Å²) in [6, 6.07) is 0.419. The first kappa shape index (κ1) is 16.2. The highest BCUT2D eigenvalue weighted by molar-refractivity contribution is 7.93. The van der Waals surface area contributed by atoms with Crippen LogP contribution >= 0.6 is 0 Å². The van der Waals surface area contributed by atoms with Crippen molar-refractivity contribution in [3.63, 3.8) is 0 Å². The van der Waals surface area contributed by atoms with Crippen LogP contribution in [0, 0.1) is 5.92 Å². The maximum atomic E-state index is 12.2. The van der Waals surface area contributed by atoms with E-state index in [0.717, 1.165) is 38.5 Å². The molecule has 0 bridgehead atoms. The van der Waals surface area contributed by atoms with Gasteiger partial charge in [-0.25, -0.2) is 21.1 Å². The zero-order chi connectivity index (χ0) is 14.8. The molecule has 118 valence electrons. The molecule has 0 amide bonds. The van der Waals surface area contributed by atoms with Crippen LogP contribution in [0.2, 0.25) is 0 Å². The number of sulfonamides is 1. The van der Waals surface area contributed by atoms with E-state index in [0.29, 0.717) is 25.0 Å². The van der Waals surface area contributed by atoms with Gasteiger partial charge in [-0.3, -0.25) is 0 Å². The van der Waals surface area contributed by atoms with E-state index in [2.05, 4.69) is 5.32 Å². The van der Waals surface area contributed by atoms with Crippen molar-refractivity contribution in [1.29, 1.82) is 0 Å². The second-order valence-electron chi connectivity index (χ2n) is 5.91. The van der Waals surface area contributed by atoms with Gasteiger partial charge in [-0.1, -0.05) is 0 Å². The van der Waals surface area contributed by atoms with Crippen LogP contribution in [0.5, 0.6) is 0 Å². The van der Waals surface area contributed by atoms with Crippen molar-refractivity contribution in [2.24, 2.45) is 5.92 Å². The molecule has 2 aliphatic heterocycles. The third-order valence-corrected chi connectivity index (χ3v) is 7.24. The number of hydrogen-bond donors (Lipinski definition) is 1. The van der Waals surface area contributed by atoms with Crippen molar-refractivity contribution in [3.8, 4) is 0 Å². The number of hydrogen-bond acceptors (Lipinski definition) is 5. The first-order chi connectivity index (χ1) is 9.28. The number of rotatable bonds is 5. The molecule has 2 aliphatic rings. The number of nitrogens with one attached hydrogen (secondary N) is 1. The Morgan fingerprint density at radius 2 is 1.85 bits per heavy atom. The third-order valence-electron chi connectivity index (χ3n) is 4.19. The minimum absolute atomic E-state index is 0.293. The molecule has 20 heavy (non-hydrogen) atoms. The minimum Gasteiger partial charge on any atom is -0.314 e. The average molecular weight is 324 g/mol. The topological polar surface area (TPSA) is 83.5 Å². The van der Waals surface area contributed by atoms with E-state index >= 15 is 0 Å². The van der Waals surface area contributed by atoms with Gasteiger partial charge in [0.2, 0.25) is 10.0 Å². The average Bonchev–Trinajstić information content (AvgIpc) is 2.90. The zero-order valence-electron chi connectivity index (χ0n) is 11.9. The Hall–Kier alpha value is -0.180. The summed E-state index contributed by atoms with van der Waals surface area (Å²) in [6.45, 7) is 2.07. The fraction of sp³-hybridized carbons (Fsp3) is 1.00. The fourth-order valence-electron chi connectivity index (χ4n) is 3.05. The standard InChI is InChI=1S/C12H24N2O4S2/c1-19(15,16)8-9-20(17,18)14-7-3-4-11(10-14)12-5-2-6-13-12/h11-13H,2-10H2,1H3. The van der Waals surface area contributed by atoms with Crippen molar-refractivity contribution in [2.45, 2.75) is 31.7 Å². The van der Waals surface area contributed by atoms with E-state index in [1.807, 2.05) is 0 Å². The van der Waals surface area contributed by atoms with Crippen LogP contribution in [0.25, 0.3) is 0 Å². The van der Waals surface area contributed by atoms with Gasteiger partial charge in [-0.15, -0.1) is 0 Å². The van der Waals surface area contributed by atoms with Gasteiger partial charge in [0.25, 0.3) is 0 Å². The molecule has 2 atom stereocenters. The summed E-state index contributed by atoms with van der Waals surface area (Å²) >= 11 is 0. The summed E-state index contributed by atoms with van der Waals surface area (Å²) < 4.78 is 48.2. The third kappa shape index (κ3) is 4.41. The van der Waals surface area contributed by atoms with E-state index in [1.165, 1.54) is 4.31 Å². The van der Waals surface area contributed by atoms with Crippen LogP contribution in [-0.2, 0) is 19.9 Å². The van der Waals surface area contributed by atoms with Gasteiger partial charge < -0.3 is 5.32 Å². The predicted octanol–water partition coefficient (Wildman–Crippen LogP) is -0.175. The Balaban J connectivity index is 1.96. The summed E-state index contributed by atoms with van der Waals surface area (Å²) in [5, 5.41) is 3.44. The van der Waals surface area contributed by atoms with Crippen LogP contribution < -0.4 is 5.32 Å². The monoisotopic (exact) mass is 324 g/mol. The van der Waals surface area contributed by atoms with Crippen molar-refractivity contribution in [2.75, 3.05) is 37.4 Å². The first-order valence-electron chi connectivity index (χ1n) is 7.17. The molecule has 8 heteroatoms. The second kappa shape index (κ2) is 6.29. The molecule has 0 radical (unpaired) electrons. The second-order valence-corrected chi connectivity index (χ2v) is 10.3. The highest BCUT2D eigenvalue weighted by Crippen LogP contribution is 2.26. The van der Waals surface area contributed by atoms with Crippen LogP contribution in [0.1, 0.15) is 25.7 Å². The van der Waals surface area contributed by atoms with Crippen molar-refractivity contribution in [3.05, 3.63) is 0 Å². The van der Waals surface area contributed by atoms with Gasteiger partial charge in [0, 0.05) is 25.4 Å². The molecule has 0 saturated carbocycles. The Morgan fingerprint density at radius 3 is 2.45 bits per heavy atom. The van der Waals surface area contributed by atoms with Gasteiger partial charge in [0.1, 0.15) is 9.84 Å². The number of sulfone groups is 1. The quantitative estimate of drug-likeness (QED) is 0.759. The molecule has 2 rings (SSSR count). The summed E-state index contributed by atoms with van der Waals surface area (Å²) in [6.07, 6.45) is 5.25. The van der Waals surface area contributed by atoms with Crippen molar-refractivity contribution >= 4 is 19.9 Å². The molecule has 0 spiro atoms. The molecule has 2 unspecified atom stereocenters. The molecule has 2 saturated heterocycles. The van der Waals surface area contributed by atoms with E-state index in [1.54, 1.807) is 0 Å². The molecule has 2 fully saturated rings. The smallest absolute Gasteiger partial charge is 0.215 e. The van der Waals surface area contributed by atoms with Gasteiger partial charge in [-0.05, 0) is 38.1 Å². The highest BCUT2D eigenvalue weighted by atomic mass is 32.2. The SMILES string of the molecule is CS(=O)(=O)CCS(=O)(=O)N1CCCC(C2CCCN2)C1. The van der Waals surface area contributed by atoms with Gasteiger partial charge in [-0.2, -0.15) is 0 Å². The molecule has 0 aromatic heterocycles. The van der Waals surface area contributed by atoms with Crippen molar-refractivity contribution < 1.29 is 16.8 Å². The molecule has 0 aromatic rings. The largest absolute Gasteiger partial charge is 0.314 e. The molecule has 1 N–H and O–H groups in total. The number of nitrogens with zero attached hydrogens (tertiary/aromatic N) is 1. The van der Waals surface area contributed by atoms with Gasteiger partial charge in [0.15, 0.2) is 0 Å². The van der Waals surface area contributed by atoms with E-state index in [-0.39, 0.29) is 11.5 Å². The minimum atomic E-state index is -3.45. The fourth-order valence-corrected chi connectivity index (χ4v) is 6.19. The maximum absolute atomic E-state index is 12.2. The summed E-state index contributed by atoms with van der Waals surface area (Å²) in [4.78, 5) is 0. The van der Waals surface area contributed by atoms with Crippen LogP contribution in [0.4, 0.5) is 0 Å². The lowest BCUT2D eigenvalue weighted by Gasteiger charge is -2.35. The molecule has 2 heterocycles. The molecule has 0 aromatic carbocycles. The normalized spacial score (nSPS) is 29.6. The Labute approximate surface area is 121 Å². The molecule has 0 aliphatic carbocycles. The lowest BCUT2D eigenvalue weighted by molar-refractivity contribution is 0.226. The Kier molecular flexibility index (Phi) is 5.09. The number of piperidine rings is 1. The molecular weight excluding hydrogens is 300 g/mol. The van der Waals surface area contributed by atoms with Crippen molar-refractivity contribution in [1.82, 2.24) is 9.62 Å². The summed E-state index contributed by atoms with van der Waals surface area (Å²) in [5.74, 6) is -0.228. The lowest BCUT2D eigenvalue weighted by atomic mass is 9.91. The predicted molar refractivity (Wildman–Crippen MR) is 78.8 cm³/mol. The Morgan fingerprint density at radius 1 is 1.10 bits per heavy atom. The maximum Gasteiger partial charge on any atom is 0.215 e. The zero-order valence-corrected chi connectivity index (χ0v) is 13.5.